The Bertz CT molecular complexity index is 543. The van der Waals surface area contributed by atoms with Crippen LogP contribution in [0.4, 0.5) is 0 Å². The van der Waals surface area contributed by atoms with Crippen LogP contribution in [0.1, 0.15) is 66.6 Å². The molecular weight excluding hydrogens is 280 g/mol. The summed E-state index contributed by atoms with van der Waals surface area (Å²) < 4.78 is 0. The molecule has 23 heavy (non-hydrogen) atoms. The molecule has 2 aromatic carbocycles. The number of carbonyl (C=O) groups excluding carboxylic acids is 1. The number of unbranched alkanes of at least 4 members (excludes halogenated alkanes) is 3. The van der Waals surface area contributed by atoms with Crippen LogP contribution in [0.3, 0.4) is 0 Å². The van der Waals surface area contributed by atoms with Crippen molar-refractivity contribution >= 4 is 5.78 Å². The summed E-state index contributed by atoms with van der Waals surface area (Å²) in [5.41, 5.74) is 4.81. The Hall–Kier alpha value is -1.89. The smallest absolute Gasteiger partial charge is 0.159 e. The first kappa shape index (κ1) is 19.2. The average molecular weight is 310 g/mol. The van der Waals surface area contributed by atoms with Gasteiger partial charge in [0.1, 0.15) is 0 Å². The molecule has 1 heteroatoms. The lowest BCUT2D eigenvalue weighted by molar-refractivity contribution is 0.101. The van der Waals surface area contributed by atoms with Crippen LogP contribution in [0.25, 0.3) is 0 Å². The van der Waals surface area contributed by atoms with Gasteiger partial charge in [-0.2, -0.15) is 0 Å². The van der Waals surface area contributed by atoms with Gasteiger partial charge in [0, 0.05) is 5.56 Å². The van der Waals surface area contributed by atoms with Crippen molar-refractivity contribution in [2.75, 3.05) is 0 Å². The Morgan fingerprint density at radius 3 is 1.74 bits per heavy atom. The molecule has 0 heterocycles. The molecule has 0 fully saturated rings. The monoisotopic (exact) mass is 310 g/mol. The maximum absolute atomic E-state index is 11.1. The van der Waals surface area contributed by atoms with E-state index in [1.807, 2.05) is 12.1 Å². The van der Waals surface area contributed by atoms with Gasteiger partial charge in [-0.25, -0.2) is 0 Å². The fourth-order valence-electron chi connectivity index (χ4n) is 2.30. The van der Waals surface area contributed by atoms with Gasteiger partial charge in [-0.1, -0.05) is 85.8 Å². The minimum absolute atomic E-state index is 0.146. The summed E-state index contributed by atoms with van der Waals surface area (Å²) in [6, 6.07) is 16.5. The van der Waals surface area contributed by atoms with Crippen LogP contribution in [-0.4, -0.2) is 5.78 Å². The number of hydrogen-bond donors (Lipinski definition) is 0. The maximum Gasteiger partial charge on any atom is 0.159 e. The van der Waals surface area contributed by atoms with Crippen LogP contribution < -0.4 is 0 Å². The highest BCUT2D eigenvalue weighted by Crippen LogP contribution is 2.10. The molecule has 0 N–H and O–H groups in total. The predicted octanol–water partition coefficient (Wildman–Crippen LogP) is 6.32. The average Bonchev–Trinajstić information content (AvgIpc) is 2.55. The van der Waals surface area contributed by atoms with E-state index < -0.39 is 0 Å². The van der Waals surface area contributed by atoms with Crippen molar-refractivity contribution in [3.63, 3.8) is 0 Å². The first-order valence-electron chi connectivity index (χ1n) is 8.66. The third kappa shape index (κ3) is 8.35. The molecule has 1 nitrogen and oxygen atoms in total. The van der Waals surface area contributed by atoms with E-state index in [-0.39, 0.29) is 5.78 Å². The highest BCUT2D eigenvalue weighted by atomic mass is 16.1. The van der Waals surface area contributed by atoms with Crippen molar-refractivity contribution in [3.05, 3.63) is 70.8 Å². The second-order valence-corrected chi connectivity index (χ2v) is 6.22. The lowest BCUT2D eigenvalue weighted by Gasteiger charge is -2.02. The minimum atomic E-state index is 0.146. The molecule has 0 aromatic heterocycles. The standard InChI is InChI=1S/C14H20O.C8H10/c1-3-4-5-6-7-13-8-10-14(11-9-13)12(2)15;1-7-3-5-8(2)6-4-7/h8-11H,3-7H2,1-2H3;3-6H,1-2H3. The van der Waals surface area contributed by atoms with Gasteiger partial charge in [0.15, 0.2) is 5.78 Å². The molecule has 124 valence electrons. The van der Waals surface area contributed by atoms with Crippen LogP contribution in [0, 0.1) is 13.8 Å². The van der Waals surface area contributed by atoms with Crippen LogP contribution in [0.15, 0.2) is 48.5 Å². The molecule has 2 rings (SSSR count). The Balaban J connectivity index is 0.000000277. The number of rotatable bonds is 6. The third-order valence-corrected chi connectivity index (χ3v) is 3.90. The zero-order valence-corrected chi connectivity index (χ0v) is 15.1. The van der Waals surface area contributed by atoms with Gasteiger partial charge in [-0.15, -0.1) is 0 Å². The molecule has 0 radical (unpaired) electrons. The SMILES string of the molecule is CCCCCCc1ccc(C(C)=O)cc1.Cc1ccc(C)cc1. The molecule has 0 spiro atoms. The largest absolute Gasteiger partial charge is 0.295 e. The normalized spacial score (nSPS) is 9.91. The molecule has 0 saturated carbocycles. The van der Waals surface area contributed by atoms with Crippen molar-refractivity contribution < 1.29 is 4.79 Å². The third-order valence-electron chi connectivity index (χ3n) is 3.90. The van der Waals surface area contributed by atoms with Gasteiger partial charge in [-0.05, 0) is 39.2 Å². The quantitative estimate of drug-likeness (QED) is 0.451. The van der Waals surface area contributed by atoms with E-state index in [1.54, 1.807) is 6.92 Å². The maximum atomic E-state index is 11.1. The van der Waals surface area contributed by atoms with E-state index in [0.717, 1.165) is 12.0 Å². The van der Waals surface area contributed by atoms with E-state index in [9.17, 15) is 4.79 Å². The van der Waals surface area contributed by atoms with E-state index in [0.29, 0.717) is 0 Å². The van der Waals surface area contributed by atoms with Crippen LogP contribution in [-0.2, 0) is 6.42 Å². The van der Waals surface area contributed by atoms with Gasteiger partial charge < -0.3 is 0 Å². The van der Waals surface area contributed by atoms with Gasteiger partial charge in [0.25, 0.3) is 0 Å². The molecule has 0 aliphatic rings. The predicted molar refractivity (Wildman–Crippen MR) is 100 cm³/mol. The van der Waals surface area contributed by atoms with Crippen molar-refractivity contribution in [3.8, 4) is 0 Å². The summed E-state index contributed by atoms with van der Waals surface area (Å²) >= 11 is 0. The Morgan fingerprint density at radius 1 is 0.783 bits per heavy atom. The summed E-state index contributed by atoms with van der Waals surface area (Å²) in [6.45, 7) is 8.02. The summed E-state index contributed by atoms with van der Waals surface area (Å²) in [5, 5.41) is 0. The molecule has 0 aliphatic carbocycles. The fraction of sp³-hybridized carbons (Fsp3) is 0.409. The lowest BCUT2D eigenvalue weighted by Crippen LogP contribution is -1.92. The summed E-state index contributed by atoms with van der Waals surface area (Å²) in [5.74, 6) is 0.146. The number of Topliss-reactive ketones (excluding diaryl/α,β-unsaturated/α-hetero) is 1. The van der Waals surface area contributed by atoms with E-state index in [1.165, 1.54) is 42.4 Å². The van der Waals surface area contributed by atoms with Crippen LogP contribution >= 0.6 is 0 Å². The molecule has 0 saturated heterocycles. The molecule has 0 unspecified atom stereocenters. The Labute approximate surface area is 141 Å². The van der Waals surface area contributed by atoms with Crippen LogP contribution in [0.2, 0.25) is 0 Å². The zero-order valence-electron chi connectivity index (χ0n) is 15.1. The van der Waals surface area contributed by atoms with Gasteiger partial charge in [-0.3, -0.25) is 4.79 Å². The van der Waals surface area contributed by atoms with Crippen molar-refractivity contribution in [2.45, 2.75) is 59.8 Å². The molecule has 0 amide bonds. The van der Waals surface area contributed by atoms with Crippen molar-refractivity contribution in [1.29, 1.82) is 0 Å². The van der Waals surface area contributed by atoms with Gasteiger partial charge >= 0.3 is 0 Å². The second-order valence-electron chi connectivity index (χ2n) is 6.22. The zero-order chi connectivity index (χ0) is 17.1. The molecule has 0 atom stereocenters. The van der Waals surface area contributed by atoms with E-state index in [2.05, 4.69) is 57.2 Å². The van der Waals surface area contributed by atoms with Crippen molar-refractivity contribution in [2.24, 2.45) is 0 Å². The highest BCUT2D eigenvalue weighted by molar-refractivity contribution is 5.93. The Kier molecular flexibility index (Phi) is 8.97. The summed E-state index contributed by atoms with van der Waals surface area (Å²) in [6.07, 6.45) is 6.31. The molecular formula is C22H30O. The summed E-state index contributed by atoms with van der Waals surface area (Å²) in [7, 11) is 0. The number of aryl methyl sites for hydroxylation is 3. The molecule has 2 aromatic rings. The second kappa shape index (κ2) is 10.8. The molecule has 0 bridgehead atoms. The van der Waals surface area contributed by atoms with E-state index >= 15 is 0 Å². The number of benzene rings is 2. The first-order chi connectivity index (χ1) is 11.0. The Morgan fingerprint density at radius 2 is 1.30 bits per heavy atom. The number of hydrogen-bond acceptors (Lipinski definition) is 1. The molecule has 0 aliphatic heterocycles. The fourth-order valence-corrected chi connectivity index (χ4v) is 2.30. The first-order valence-corrected chi connectivity index (χ1v) is 8.66. The highest BCUT2D eigenvalue weighted by Gasteiger charge is 1.98. The van der Waals surface area contributed by atoms with E-state index in [4.69, 9.17) is 0 Å². The lowest BCUT2D eigenvalue weighted by atomic mass is 10.0. The number of carbonyl (C=O) groups is 1. The number of ketones is 1. The minimum Gasteiger partial charge on any atom is -0.295 e. The van der Waals surface area contributed by atoms with Gasteiger partial charge in [0.05, 0.1) is 0 Å². The van der Waals surface area contributed by atoms with Crippen molar-refractivity contribution in [1.82, 2.24) is 0 Å². The van der Waals surface area contributed by atoms with Gasteiger partial charge in [0.2, 0.25) is 0 Å². The summed E-state index contributed by atoms with van der Waals surface area (Å²) in [4.78, 5) is 11.1. The van der Waals surface area contributed by atoms with Crippen LogP contribution in [0.5, 0.6) is 0 Å². The topological polar surface area (TPSA) is 17.1 Å².